The molecule has 1 rings (SSSR count). The SMILES string of the molecule is CC(C)Oc1c(N)ccc(C(=O)O)c1OC(C)C. The van der Waals surface area contributed by atoms with Crippen LogP contribution in [0.3, 0.4) is 0 Å². The van der Waals surface area contributed by atoms with Gasteiger partial charge in [0.15, 0.2) is 11.5 Å². The second-order valence-electron chi connectivity index (χ2n) is 4.50. The van der Waals surface area contributed by atoms with Crippen molar-refractivity contribution in [1.29, 1.82) is 0 Å². The van der Waals surface area contributed by atoms with Gasteiger partial charge in [0.05, 0.1) is 17.9 Å². The van der Waals surface area contributed by atoms with Crippen LogP contribution < -0.4 is 15.2 Å². The maximum atomic E-state index is 11.2. The lowest BCUT2D eigenvalue weighted by atomic mass is 10.1. The van der Waals surface area contributed by atoms with E-state index in [0.717, 1.165) is 0 Å². The molecule has 0 aliphatic heterocycles. The van der Waals surface area contributed by atoms with Crippen LogP contribution in [0, 0.1) is 0 Å². The Morgan fingerprint density at radius 2 is 1.61 bits per heavy atom. The number of nitrogens with two attached hydrogens (primary N) is 1. The molecule has 0 atom stereocenters. The monoisotopic (exact) mass is 253 g/mol. The molecule has 0 fully saturated rings. The standard InChI is InChI=1S/C13H19NO4/c1-7(2)17-11-9(13(15)16)5-6-10(14)12(11)18-8(3)4/h5-8H,14H2,1-4H3,(H,15,16). The smallest absolute Gasteiger partial charge is 0.339 e. The minimum atomic E-state index is -1.07. The van der Waals surface area contributed by atoms with E-state index in [1.807, 2.05) is 27.7 Å². The van der Waals surface area contributed by atoms with E-state index in [1.165, 1.54) is 12.1 Å². The first-order valence-electron chi connectivity index (χ1n) is 5.82. The van der Waals surface area contributed by atoms with Gasteiger partial charge in [-0.25, -0.2) is 4.79 Å². The molecule has 1 aromatic rings. The molecule has 0 aliphatic rings. The summed E-state index contributed by atoms with van der Waals surface area (Å²) in [6.45, 7) is 7.31. The summed E-state index contributed by atoms with van der Waals surface area (Å²) >= 11 is 0. The van der Waals surface area contributed by atoms with Gasteiger partial charge in [0, 0.05) is 0 Å². The van der Waals surface area contributed by atoms with Crippen molar-refractivity contribution in [3.63, 3.8) is 0 Å². The number of ether oxygens (including phenoxy) is 2. The first kappa shape index (κ1) is 14.2. The molecule has 5 heteroatoms. The normalized spacial score (nSPS) is 10.8. The molecule has 0 saturated heterocycles. The quantitative estimate of drug-likeness (QED) is 0.788. The van der Waals surface area contributed by atoms with Gasteiger partial charge in [0.25, 0.3) is 0 Å². The number of aromatic carboxylic acids is 1. The van der Waals surface area contributed by atoms with Crippen LogP contribution >= 0.6 is 0 Å². The molecule has 0 aromatic heterocycles. The highest BCUT2D eigenvalue weighted by molar-refractivity contribution is 5.93. The summed E-state index contributed by atoms with van der Waals surface area (Å²) in [6.07, 6.45) is -0.287. The highest BCUT2D eigenvalue weighted by Gasteiger charge is 2.21. The van der Waals surface area contributed by atoms with E-state index < -0.39 is 5.97 Å². The molecule has 1 aromatic carbocycles. The van der Waals surface area contributed by atoms with Gasteiger partial charge >= 0.3 is 5.97 Å². The lowest BCUT2D eigenvalue weighted by Gasteiger charge is -2.20. The summed E-state index contributed by atoms with van der Waals surface area (Å²) in [7, 11) is 0. The number of carbonyl (C=O) groups is 1. The number of hydrogen-bond donors (Lipinski definition) is 2. The van der Waals surface area contributed by atoms with E-state index in [-0.39, 0.29) is 23.5 Å². The van der Waals surface area contributed by atoms with Gasteiger partial charge in [-0.05, 0) is 39.8 Å². The molecule has 0 spiro atoms. The van der Waals surface area contributed by atoms with Crippen LogP contribution in [-0.4, -0.2) is 23.3 Å². The lowest BCUT2D eigenvalue weighted by molar-refractivity contribution is 0.0688. The lowest BCUT2D eigenvalue weighted by Crippen LogP contribution is -2.15. The van der Waals surface area contributed by atoms with E-state index in [9.17, 15) is 4.79 Å². The molecular weight excluding hydrogens is 234 g/mol. The Hall–Kier alpha value is -1.91. The first-order chi connectivity index (χ1) is 8.32. The van der Waals surface area contributed by atoms with Crippen molar-refractivity contribution >= 4 is 11.7 Å². The molecular formula is C13H19NO4. The van der Waals surface area contributed by atoms with Crippen molar-refractivity contribution < 1.29 is 19.4 Å². The van der Waals surface area contributed by atoms with Crippen LogP contribution in [0.1, 0.15) is 38.1 Å². The van der Waals surface area contributed by atoms with Crippen LogP contribution in [0.4, 0.5) is 5.69 Å². The first-order valence-corrected chi connectivity index (χ1v) is 5.82. The number of rotatable bonds is 5. The molecule has 0 saturated carbocycles. The molecule has 0 amide bonds. The molecule has 0 bridgehead atoms. The maximum absolute atomic E-state index is 11.2. The Kier molecular flexibility index (Phi) is 4.42. The average molecular weight is 253 g/mol. The van der Waals surface area contributed by atoms with Gasteiger partial charge < -0.3 is 20.3 Å². The summed E-state index contributed by atoms with van der Waals surface area (Å²) in [4.78, 5) is 11.2. The van der Waals surface area contributed by atoms with Crippen molar-refractivity contribution in [1.82, 2.24) is 0 Å². The van der Waals surface area contributed by atoms with E-state index in [4.69, 9.17) is 20.3 Å². The van der Waals surface area contributed by atoms with Crippen molar-refractivity contribution in [2.45, 2.75) is 39.9 Å². The summed E-state index contributed by atoms with van der Waals surface area (Å²) in [5, 5.41) is 9.15. The predicted molar refractivity (Wildman–Crippen MR) is 69.3 cm³/mol. The van der Waals surface area contributed by atoms with E-state index in [0.29, 0.717) is 11.4 Å². The van der Waals surface area contributed by atoms with Gasteiger partial charge in [-0.15, -0.1) is 0 Å². The molecule has 0 unspecified atom stereocenters. The molecule has 0 radical (unpaired) electrons. The highest BCUT2D eigenvalue weighted by Crippen LogP contribution is 2.38. The Morgan fingerprint density at radius 1 is 1.11 bits per heavy atom. The largest absolute Gasteiger partial charge is 0.486 e. The van der Waals surface area contributed by atoms with Crippen LogP contribution in [0.5, 0.6) is 11.5 Å². The van der Waals surface area contributed by atoms with Crippen LogP contribution in [0.25, 0.3) is 0 Å². The third-order valence-electron chi connectivity index (χ3n) is 2.08. The Balaban J connectivity index is 3.34. The fourth-order valence-electron chi connectivity index (χ4n) is 1.46. The predicted octanol–water partition coefficient (Wildman–Crippen LogP) is 2.54. The average Bonchev–Trinajstić information content (AvgIpc) is 2.21. The summed E-state index contributed by atoms with van der Waals surface area (Å²) in [5.41, 5.74) is 6.23. The number of carboxylic acids is 1. The molecule has 3 N–H and O–H groups in total. The number of hydrogen-bond acceptors (Lipinski definition) is 4. The van der Waals surface area contributed by atoms with E-state index in [2.05, 4.69) is 0 Å². The Morgan fingerprint density at radius 3 is 2.06 bits per heavy atom. The zero-order chi connectivity index (χ0) is 13.9. The van der Waals surface area contributed by atoms with Crippen LogP contribution in [0.2, 0.25) is 0 Å². The molecule has 100 valence electrons. The van der Waals surface area contributed by atoms with Crippen LogP contribution in [0.15, 0.2) is 12.1 Å². The van der Waals surface area contributed by atoms with E-state index >= 15 is 0 Å². The summed E-state index contributed by atoms with van der Waals surface area (Å²) in [6, 6.07) is 2.93. The van der Waals surface area contributed by atoms with Gasteiger partial charge in [-0.2, -0.15) is 0 Å². The van der Waals surface area contributed by atoms with Crippen molar-refractivity contribution in [3.8, 4) is 11.5 Å². The fourth-order valence-corrected chi connectivity index (χ4v) is 1.46. The highest BCUT2D eigenvalue weighted by atomic mass is 16.5. The third-order valence-corrected chi connectivity index (χ3v) is 2.08. The van der Waals surface area contributed by atoms with E-state index in [1.54, 1.807) is 0 Å². The minimum Gasteiger partial charge on any atom is -0.486 e. The minimum absolute atomic E-state index is 0.0496. The third kappa shape index (κ3) is 3.29. The number of benzene rings is 1. The zero-order valence-corrected chi connectivity index (χ0v) is 11.1. The van der Waals surface area contributed by atoms with Crippen LogP contribution in [-0.2, 0) is 0 Å². The topological polar surface area (TPSA) is 81.8 Å². The fraction of sp³-hybridized carbons (Fsp3) is 0.462. The van der Waals surface area contributed by atoms with Crippen molar-refractivity contribution in [2.75, 3.05) is 5.73 Å². The van der Waals surface area contributed by atoms with Gasteiger partial charge in [-0.1, -0.05) is 0 Å². The maximum Gasteiger partial charge on any atom is 0.339 e. The van der Waals surface area contributed by atoms with Gasteiger partial charge in [0.2, 0.25) is 0 Å². The number of nitrogen functional groups attached to an aromatic ring is 1. The summed E-state index contributed by atoms with van der Waals surface area (Å²) in [5.74, 6) is -0.593. The molecule has 0 aliphatic carbocycles. The molecule has 18 heavy (non-hydrogen) atoms. The second kappa shape index (κ2) is 5.62. The van der Waals surface area contributed by atoms with Gasteiger partial charge in [0.1, 0.15) is 5.56 Å². The summed E-state index contributed by atoms with van der Waals surface area (Å²) < 4.78 is 11.1. The number of anilines is 1. The van der Waals surface area contributed by atoms with Crippen molar-refractivity contribution in [2.24, 2.45) is 0 Å². The van der Waals surface area contributed by atoms with Gasteiger partial charge in [-0.3, -0.25) is 0 Å². The molecule has 5 nitrogen and oxygen atoms in total. The number of carboxylic acid groups (broad SMARTS) is 1. The Labute approximate surface area is 107 Å². The Bertz CT molecular complexity index is 441. The molecule has 0 heterocycles. The van der Waals surface area contributed by atoms with Crippen molar-refractivity contribution in [3.05, 3.63) is 17.7 Å². The zero-order valence-electron chi connectivity index (χ0n) is 11.1. The second-order valence-corrected chi connectivity index (χ2v) is 4.50.